The summed E-state index contributed by atoms with van der Waals surface area (Å²) >= 11 is 2.51. The highest BCUT2D eigenvalue weighted by Gasteiger charge is 2.25. The van der Waals surface area contributed by atoms with Gasteiger partial charge in [0.15, 0.2) is 0 Å². The van der Waals surface area contributed by atoms with Crippen LogP contribution in [0.5, 0.6) is 0 Å². The summed E-state index contributed by atoms with van der Waals surface area (Å²) in [7, 11) is 0. The Kier molecular flexibility index (Phi) is 9.38. The lowest BCUT2D eigenvalue weighted by molar-refractivity contribution is -0.115. The third-order valence-electron chi connectivity index (χ3n) is 6.65. The number of benzene rings is 4. The van der Waals surface area contributed by atoms with E-state index >= 15 is 0 Å². The number of hydrogen-bond donors (Lipinski definition) is 4. The highest BCUT2D eigenvalue weighted by Crippen LogP contribution is 2.40. The van der Waals surface area contributed by atoms with E-state index in [-0.39, 0.29) is 17.0 Å². The van der Waals surface area contributed by atoms with E-state index in [0.717, 1.165) is 34.9 Å². The van der Waals surface area contributed by atoms with Crippen molar-refractivity contribution in [3.8, 4) is 17.2 Å². The molecule has 0 spiro atoms. The Morgan fingerprint density at radius 3 is 2.16 bits per heavy atom. The van der Waals surface area contributed by atoms with Crippen molar-refractivity contribution in [3.63, 3.8) is 0 Å². The zero-order valence-electron chi connectivity index (χ0n) is 23.3. The minimum atomic E-state index is -1.44. The molecule has 0 bridgehead atoms. The summed E-state index contributed by atoms with van der Waals surface area (Å²) in [6.07, 6.45) is 0. The van der Waals surface area contributed by atoms with Crippen molar-refractivity contribution in [1.82, 2.24) is 0 Å². The average Bonchev–Trinajstić information content (AvgIpc) is 3.46. The van der Waals surface area contributed by atoms with Crippen molar-refractivity contribution in [2.45, 2.75) is 10.1 Å². The van der Waals surface area contributed by atoms with Crippen LogP contribution in [0.1, 0.15) is 47.5 Å². The molecule has 1 heterocycles. The average molecular weight is 634 g/mol. The second kappa shape index (κ2) is 13.7. The molecule has 1 unspecified atom stereocenters. The number of hydrogen-bond acceptors (Lipinski definition) is 7. The Morgan fingerprint density at radius 1 is 0.778 bits per heavy atom. The largest absolute Gasteiger partial charge is 0.478 e. The van der Waals surface area contributed by atoms with Gasteiger partial charge in [0.25, 0.3) is 5.91 Å². The first-order valence-electron chi connectivity index (χ1n) is 13.4. The van der Waals surface area contributed by atoms with Gasteiger partial charge in [0.05, 0.1) is 22.3 Å². The number of amides is 2. The zero-order valence-corrected chi connectivity index (χ0v) is 24.9. The molecule has 11 heteroatoms. The number of thiophene rings is 1. The molecule has 0 fully saturated rings. The van der Waals surface area contributed by atoms with Gasteiger partial charge in [0.1, 0.15) is 16.3 Å². The van der Waals surface area contributed by atoms with E-state index in [1.54, 1.807) is 24.3 Å². The van der Waals surface area contributed by atoms with Gasteiger partial charge in [-0.2, -0.15) is 5.26 Å². The maximum absolute atomic E-state index is 13.8. The summed E-state index contributed by atoms with van der Waals surface area (Å²) in [5, 5.41) is 35.8. The molecular formula is C34H23N3O6S2. The van der Waals surface area contributed by atoms with Crippen molar-refractivity contribution in [1.29, 1.82) is 5.26 Å². The van der Waals surface area contributed by atoms with Gasteiger partial charge < -0.3 is 20.8 Å². The van der Waals surface area contributed by atoms with Crippen LogP contribution < -0.4 is 10.6 Å². The molecule has 9 nitrogen and oxygen atoms in total. The molecular weight excluding hydrogens is 611 g/mol. The van der Waals surface area contributed by atoms with Crippen LogP contribution in [0.2, 0.25) is 0 Å². The molecule has 1 aromatic heterocycles. The van der Waals surface area contributed by atoms with Crippen LogP contribution in [0.15, 0.2) is 113 Å². The van der Waals surface area contributed by atoms with Crippen molar-refractivity contribution in [2.75, 3.05) is 10.6 Å². The predicted octanol–water partition coefficient (Wildman–Crippen LogP) is 7.41. The SMILES string of the molecule is N#Cc1c(-c2ccccc2)csc1NC(=O)C(Sc1cccc(NC(=O)c2ccc(C(=O)O)cc2C(=O)O)c1)c1ccccc1. The van der Waals surface area contributed by atoms with Crippen molar-refractivity contribution >= 4 is 57.5 Å². The molecule has 0 aliphatic carbocycles. The normalized spacial score (nSPS) is 11.2. The van der Waals surface area contributed by atoms with Crippen LogP contribution in [-0.2, 0) is 4.79 Å². The van der Waals surface area contributed by atoms with Crippen LogP contribution in [-0.4, -0.2) is 34.0 Å². The summed E-state index contributed by atoms with van der Waals surface area (Å²) < 4.78 is 0. The molecule has 45 heavy (non-hydrogen) atoms. The van der Waals surface area contributed by atoms with Gasteiger partial charge in [-0.3, -0.25) is 9.59 Å². The third kappa shape index (κ3) is 7.10. The second-order valence-electron chi connectivity index (χ2n) is 9.58. The Morgan fingerprint density at radius 2 is 1.49 bits per heavy atom. The van der Waals surface area contributed by atoms with Gasteiger partial charge in [-0.25, -0.2) is 9.59 Å². The first-order valence-corrected chi connectivity index (χ1v) is 15.1. The van der Waals surface area contributed by atoms with E-state index in [4.69, 9.17) is 0 Å². The number of nitrogens with zero attached hydrogens (tertiary/aromatic N) is 1. The Balaban J connectivity index is 1.39. The molecule has 1 atom stereocenters. The Bertz CT molecular complexity index is 1950. The van der Waals surface area contributed by atoms with E-state index in [2.05, 4.69) is 16.7 Å². The summed E-state index contributed by atoms with van der Waals surface area (Å²) in [5.41, 5.74) is 2.13. The highest BCUT2D eigenvalue weighted by atomic mass is 32.2. The van der Waals surface area contributed by atoms with Crippen LogP contribution in [0.25, 0.3) is 11.1 Å². The standard InChI is InChI=1S/C34H23N3O6S2/c35-18-27-28(20-8-3-1-4-9-20)19-44-32(27)37-31(39)29(21-10-5-2-6-11-21)45-24-13-7-12-23(17-24)36-30(38)25-15-14-22(33(40)41)16-26(25)34(42)43/h1-17,19,29H,(H,36,38)(H,37,39)(H,40,41)(H,42,43). The highest BCUT2D eigenvalue weighted by molar-refractivity contribution is 8.00. The lowest BCUT2D eigenvalue weighted by atomic mass is 10.0. The van der Waals surface area contributed by atoms with Crippen LogP contribution in [0.4, 0.5) is 10.7 Å². The number of rotatable bonds is 10. The Hall–Kier alpha value is -5.70. The van der Waals surface area contributed by atoms with Gasteiger partial charge in [0, 0.05) is 21.5 Å². The fraction of sp³-hybridized carbons (Fsp3) is 0.0294. The minimum absolute atomic E-state index is 0.203. The molecule has 2 amide bonds. The molecule has 222 valence electrons. The summed E-state index contributed by atoms with van der Waals surface area (Å²) in [5.74, 6) is -3.83. The van der Waals surface area contributed by atoms with Crippen molar-refractivity contribution in [3.05, 3.63) is 136 Å². The molecule has 5 rings (SSSR count). The monoisotopic (exact) mass is 633 g/mol. The number of anilines is 2. The quantitative estimate of drug-likeness (QED) is 0.116. The smallest absolute Gasteiger partial charge is 0.336 e. The number of carboxylic acids is 2. The number of thioether (sulfide) groups is 1. The van der Waals surface area contributed by atoms with Gasteiger partial charge >= 0.3 is 11.9 Å². The number of nitriles is 1. The molecule has 0 saturated carbocycles. The van der Waals surface area contributed by atoms with Gasteiger partial charge in [-0.1, -0.05) is 66.7 Å². The molecule has 0 aliphatic rings. The number of carbonyl (C=O) groups is 4. The maximum Gasteiger partial charge on any atom is 0.336 e. The van der Waals surface area contributed by atoms with E-state index in [1.165, 1.54) is 23.1 Å². The Labute approximate surface area is 265 Å². The topological polar surface area (TPSA) is 157 Å². The van der Waals surface area contributed by atoms with Gasteiger partial charge in [-0.05, 0) is 47.5 Å². The first kappa shape index (κ1) is 30.7. The number of carboxylic acid groups (broad SMARTS) is 2. The maximum atomic E-state index is 13.8. The van der Waals surface area contributed by atoms with E-state index < -0.39 is 28.7 Å². The number of aromatic carboxylic acids is 2. The minimum Gasteiger partial charge on any atom is -0.478 e. The molecule has 4 N–H and O–H groups in total. The lowest BCUT2D eigenvalue weighted by Gasteiger charge is -2.17. The van der Waals surface area contributed by atoms with E-state index in [0.29, 0.717) is 21.1 Å². The molecule has 4 aromatic carbocycles. The van der Waals surface area contributed by atoms with Crippen molar-refractivity contribution in [2.24, 2.45) is 0 Å². The van der Waals surface area contributed by atoms with Crippen LogP contribution in [0.3, 0.4) is 0 Å². The summed E-state index contributed by atoms with van der Waals surface area (Å²) in [4.78, 5) is 50.4. The molecule has 5 aromatic rings. The molecule has 0 saturated heterocycles. The fourth-order valence-corrected chi connectivity index (χ4v) is 6.51. The summed E-state index contributed by atoms with van der Waals surface area (Å²) in [6.45, 7) is 0. The van der Waals surface area contributed by atoms with Crippen molar-refractivity contribution < 1.29 is 29.4 Å². The first-order chi connectivity index (χ1) is 21.7. The van der Waals surface area contributed by atoms with Crippen LogP contribution >= 0.6 is 23.1 Å². The number of nitrogens with one attached hydrogen (secondary N) is 2. The third-order valence-corrected chi connectivity index (χ3v) is 8.80. The van der Waals surface area contributed by atoms with Gasteiger partial charge in [0.2, 0.25) is 5.91 Å². The molecule has 0 radical (unpaired) electrons. The predicted molar refractivity (Wildman–Crippen MR) is 173 cm³/mol. The summed E-state index contributed by atoms with van der Waals surface area (Å²) in [6, 6.07) is 30.8. The van der Waals surface area contributed by atoms with Gasteiger partial charge in [-0.15, -0.1) is 23.1 Å². The zero-order chi connectivity index (χ0) is 31.9. The lowest BCUT2D eigenvalue weighted by Crippen LogP contribution is -2.19. The number of carbonyl (C=O) groups excluding carboxylic acids is 2. The van der Waals surface area contributed by atoms with E-state index in [1.807, 2.05) is 66.0 Å². The molecule has 0 aliphatic heterocycles. The second-order valence-corrected chi connectivity index (χ2v) is 11.6. The van der Waals surface area contributed by atoms with E-state index in [9.17, 15) is 34.7 Å². The fourth-order valence-electron chi connectivity index (χ4n) is 4.50. The van der Waals surface area contributed by atoms with Crippen LogP contribution in [0, 0.1) is 11.3 Å².